The van der Waals surface area contributed by atoms with E-state index >= 15 is 0 Å². The molecule has 0 unspecified atom stereocenters. The van der Waals surface area contributed by atoms with Crippen LogP contribution in [0.25, 0.3) is 0 Å². The van der Waals surface area contributed by atoms with Crippen molar-refractivity contribution >= 4 is 34.4 Å². The maximum atomic E-state index is 12.3. The monoisotopic (exact) mass is 372 g/mol. The number of likely N-dealkylation sites (tertiary alicyclic amines) is 1. The molecule has 4 nitrogen and oxygen atoms in total. The van der Waals surface area contributed by atoms with Gasteiger partial charge in [0.1, 0.15) is 0 Å². The minimum atomic E-state index is 0.00223. The molecule has 1 fully saturated rings. The smallest absolute Gasteiger partial charge is 0.253 e. The molecule has 1 aromatic rings. The number of rotatable bonds is 2. The van der Waals surface area contributed by atoms with Crippen molar-refractivity contribution in [3.05, 3.63) is 33.4 Å². The Labute approximate surface area is 126 Å². The number of benzene rings is 1. The van der Waals surface area contributed by atoms with Crippen LogP contribution in [0.2, 0.25) is 0 Å². The molecule has 0 atom stereocenters. The van der Waals surface area contributed by atoms with Crippen molar-refractivity contribution in [2.75, 3.05) is 13.1 Å². The Morgan fingerprint density at radius 1 is 1.21 bits per heavy atom. The van der Waals surface area contributed by atoms with Crippen molar-refractivity contribution in [1.29, 1.82) is 0 Å². The van der Waals surface area contributed by atoms with E-state index in [1.54, 1.807) is 0 Å². The summed E-state index contributed by atoms with van der Waals surface area (Å²) in [4.78, 5) is 25.1. The summed E-state index contributed by atoms with van der Waals surface area (Å²) >= 11 is 2.22. The minimum absolute atomic E-state index is 0.00223. The maximum Gasteiger partial charge on any atom is 0.253 e. The van der Waals surface area contributed by atoms with Crippen LogP contribution >= 0.6 is 22.6 Å². The second-order valence-electron chi connectivity index (χ2n) is 4.77. The van der Waals surface area contributed by atoms with Gasteiger partial charge in [0.25, 0.3) is 5.91 Å². The third-order valence-corrected chi connectivity index (χ3v) is 4.00. The summed E-state index contributed by atoms with van der Waals surface area (Å²) in [6.07, 6.45) is 1.66. The van der Waals surface area contributed by atoms with Gasteiger partial charge in [0.2, 0.25) is 5.91 Å². The lowest BCUT2D eigenvalue weighted by molar-refractivity contribution is -0.119. The number of hydrogen-bond donors (Lipinski definition) is 1. The zero-order valence-corrected chi connectivity index (χ0v) is 13.0. The molecule has 0 bridgehead atoms. The van der Waals surface area contributed by atoms with E-state index in [1.165, 1.54) is 6.92 Å². The average molecular weight is 372 g/mol. The van der Waals surface area contributed by atoms with E-state index in [4.69, 9.17) is 0 Å². The van der Waals surface area contributed by atoms with Crippen LogP contribution in [0.5, 0.6) is 0 Å². The van der Waals surface area contributed by atoms with Crippen molar-refractivity contribution in [1.82, 2.24) is 10.2 Å². The number of hydrogen-bond acceptors (Lipinski definition) is 2. The second kappa shape index (κ2) is 6.36. The van der Waals surface area contributed by atoms with E-state index in [9.17, 15) is 9.59 Å². The topological polar surface area (TPSA) is 49.4 Å². The molecule has 1 saturated heterocycles. The number of piperidine rings is 1. The molecular weight excluding hydrogens is 355 g/mol. The highest BCUT2D eigenvalue weighted by molar-refractivity contribution is 14.1. The van der Waals surface area contributed by atoms with Crippen molar-refractivity contribution in [2.45, 2.75) is 25.8 Å². The number of nitrogens with zero attached hydrogens (tertiary/aromatic N) is 1. The van der Waals surface area contributed by atoms with Gasteiger partial charge >= 0.3 is 0 Å². The highest BCUT2D eigenvalue weighted by Crippen LogP contribution is 2.15. The predicted molar refractivity (Wildman–Crippen MR) is 81.9 cm³/mol. The van der Waals surface area contributed by atoms with Crippen LogP contribution in [0.3, 0.4) is 0 Å². The van der Waals surface area contributed by atoms with E-state index in [-0.39, 0.29) is 17.9 Å². The molecule has 2 amide bonds. The van der Waals surface area contributed by atoms with Gasteiger partial charge in [0.05, 0.1) is 0 Å². The third kappa shape index (κ3) is 3.92. The molecule has 0 spiro atoms. The molecule has 1 N–H and O–H groups in total. The molecule has 1 aromatic carbocycles. The minimum Gasteiger partial charge on any atom is -0.353 e. The van der Waals surface area contributed by atoms with Crippen LogP contribution in [-0.2, 0) is 4.79 Å². The van der Waals surface area contributed by atoms with Crippen LogP contribution in [0.4, 0.5) is 0 Å². The lowest BCUT2D eigenvalue weighted by Crippen LogP contribution is -2.46. The lowest BCUT2D eigenvalue weighted by atomic mass is 10.0. The first kappa shape index (κ1) is 14.3. The molecule has 5 heteroatoms. The Balaban J connectivity index is 1.92. The average Bonchev–Trinajstić information content (AvgIpc) is 2.39. The fraction of sp³-hybridized carbons (Fsp3) is 0.429. The van der Waals surface area contributed by atoms with Crippen molar-refractivity contribution in [3.63, 3.8) is 0 Å². The molecule has 0 aliphatic carbocycles. The van der Waals surface area contributed by atoms with Gasteiger partial charge in [0, 0.05) is 35.2 Å². The second-order valence-corrected chi connectivity index (χ2v) is 6.02. The Bertz CT molecular complexity index is 465. The summed E-state index contributed by atoms with van der Waals surface area (Å²) < 4.78 is 1.12. The van der Waals surface area contributed by atoms with Gasteiger partial charge in [0.15, 0.2) is 0 Å². The summed E-state index contributed by atoms with van der Waals surface area (Å²) in [5.41, 5.74) is 0.735. The van der Waals surface area contributed by atoms with Crippen LogP contribution in [-0.4, -0.2) is 35.8 Å². The Hall–Kier alpha value is -1.11. The maximum absolute atomic E-state index is 12.3. The normalized spacial score (nSPS) is 16.2. The van der Waals surface area contributed by atoms with Gasteiger partial charge in [-0.3, -0.25) is 9.59 Å². The molecule has 19 heavy (non-hydrogen) atoms. The van der Waals surface area contributed by atoms with Crippen molar-refractivity contribution in [2.24, 2.45) is 0 Å². The van der Waals surface area contributed by atoms with Crippen molar-refractivity contribution < 1.29 is 9.59 Å². The first-order chi connectivity index (χ1) is 9.06. The molecule has 2 rings (SSSR count). The summed E-state index contributed by atoms with van der Waals surface area (Å²) in [5.74, 6) is 0.0834. The van der Waals surface area contributed by atoms with Gasteiger partial charge in [-0.1, -0.05) is 0 Å². The van der Waals surface area contributed by atoms with E-state index in [0.29, 0.717) is 13.1 Å². The molecule has 1 aliphatic rings. The third-order valence-electron chi connectivity index (χ3n) is 3.28. The summed E-state index contributed by atoms with van der Waals surface area (Å²) in [6.45, 7) is 2.94. The summed E-state index contributed by atoms with van der Waals surface area (Å²) in [6, 6.07) is 7.82. The number of nitrogens with one attached hydrogen (secondary N) is 1. The van der Waals surface area contributed by atoms with Crippen LogP contribution in [0.1, 0.15) is 30.1 Å². The summed E-state index contributed by atoms with van der Waals surface area (Å²) in [5, 5.41) is 2.91. The molecule has 0 saturated carbocycles. The fourth-order valence-corrected chi connectivity index (χ4v) is 2.65. The Morgan fingerprint density at radius 2 is 1.79 bits per heavy atom. The number of carbonyl (C=O) groups excluding carboxylic acids is 2. The highest BCUT2D eigenvalue weighted by Gasteiger charge is 2.23. The SMILES string of the molecule is CC(=O)NC1CCN(C(=O)c2ccc(I)cc2)CC1. The zero-order valence-electron chi connectivity index (χ0n) is 10.9. The van der Waals surface area contributed by atoms with Crippen LogP contribution in [0, 0.1) is 3.57 Å². The molecule has 1 heterocycles. The van der Waals surface area contributed by atoms with Crippen molar-refractivity contribution in [3.8, 4) is 0 Å². The van der Waals surface area contributed by atoms with Gasteiger partial charge in [-0.2, -0.15) is 0 Å². The zero-order chi connectivity index (χ0) is 13.8. The number of carbonyl (C=O) groups is 2. The molecule has 102 valence electrons. The van der Waals surface area contributed by atoms with Gasteiger partial charge in [-0.25, -0.2) is 0 Å². The highest BCUT2D eigenvalue weighted by atomic mass is 127. The van der Waals surface area contributed by atoms with E-state index in [1.807, 2.05) is 29.2 Å². The lowest BCUT2D eigenvalue weighted by Gasteiger charge is -2.32. The van der Waals surface area contributed by atoms with Gasteiger partial charge < -0.3 is 10.2 Å². The quantitative estimate of drug-likeness (QED) is 0.808. The first-order valence-electron chi connectivity index (χ1n) is 6.38. The van der Waals surface area contributed by atoms with Crippen LogP contribution < -0.4 is 5.32 Å². The standard InChI is InChI=1S/C14H17IN2O2/c1-10(18)16-13-6-8-17(9-7-13)14(19)11-2-4-12(15)5-3-11/h2-5,13H,6-9H2,1H3,(H,16,18). The molecular formula is C14H17IN2O2. The predicted octanol–water partition coefficient (Wildman–Crippen LogP) is 2.03. The van der Waals surface area contributed by atoms with Crippen LogP contribution in [0.15, 0.2) is 24.3 Å². The van der Waals surface area contributed by atoms with Gasteiger partial charge in [-0.15, -0.1) is 0 Å². The Morgan fingerprint density at radius 3 is 2.32 bits per heavy atom. The largest absolute Gasteiger partial charge is 0.353 e. The number of amides is 2. The molecule has 0 radical (unpaired) electrons. The fourth-order valence-electron chi connectivity index (χ4n) is 2.29. The first-order valence-corrected chi connectivity index (χ1v) is 7.46. The molecule has 1 aliphatic heterocycles. The summed E-state index contributed by atoms with van der Waals surface area (Å²) in [7, 11) is 0. The van der Waals surface area contributed by atoms with E-state index < -0.39 is 0 Å². The molecule has 0 aromatic heterocycles. The van der Waals surface area contributed by atoms with E-state index in [0.717, 1.165) is 22.0 Å². The number of halogens is 1. The van der Waals surface area contributed by atoms with Gasteiger partial charge in [-0.05, 0) is 59.7 Å². The Kier molecular flexibility index (Phi) is 4.79. The van der Waals surface area contributed by atoms with E-state index in [2.05, 4.69) is 27.9 Å².